The number of nitrogens with zero attached hydrogens (tertiary/aromatic N) is 1. The van der Waals surface area contributed by atoms with Gasteiger partial charge in [0.25, 0.3) is 11.6 Å². The number of nitrogens with two attached hydrogens (primary N) is 1. The summed E-state index contributed by atoms with van der Waals surface area (Å²) in [7, 11) is 0. The SMILES string of the molecule is Cc1cccc(C(=O)NC2CCCCC2N)c1[N+](=O)[O-]. The minimum atomic E-state index is -0.509. The molecule has 0 heterocycles. The zero-order valence-electron chi connectivity index (χ0n) is 11.5. The van der Waals surface area contributed by atoms with Crippen LogP contribution in [0.5, 0.6) is 0 Å². The van der Waals surface area contributed by atoms with Crippen molar-refractivity contribution in [3.8, 4) is 0 Å². The summed E-state index contributed by atoms with van der Waals surface area (Å²) in [5.41, 5.74) is 6.44. The monoisotopic (exact) mass is 277 g/mol. The first-order valence-corrected chi connectivity index (χ1v) is 6.81. The fourth-order valence-corrected chi connectivity index (χ4v) is 2.67. The number of carbonyl (C=O) groups is 1. The molecule has 6 nitrogen and oxygen atoms in total. The van der Waals surface area contributed by atoms with Crippen LogP contribution < -0.4 is 11.1 Å². The Hall–Kier alpha value is -1.95. The van der Waals surface area contributed by atoms with Crippen LogP contribution in [0, 0.1) is 17.0 Å². The van der Waals surface area contributed by atoms with Crippen molar-refractivity contribution in [1.29, 1.82) is 0 Å². The highest BCUT2D eigenvalue weighted by molar-refractivity contribution is 5.98. The Bertz CT molecular complexity index is 530. The number of amides is 1. The van der Waals surface area contributed by atoms with Gasteiger partial charge in [0.15, 0.2) is 0 Å². The first-order chi connectivity index (χ1) is 9.50. The molecule has 0 radical (unpaired) electrons. The molecule has 0 spiro atoms. The Labute approximate surface area is 117 Å². The molecule has 20 heavy (non-hydrogen) atoms. The first-order valence-electron chi connectivity index (χ1n) is 6.81. The van der Waals surface area contributed by atoms with E-state index in [0.717, 1.165) is 25.7 Å². The smallest absolute Gasteiger partial charge is 0.285 e. The maximum Gasteiger partial charge on any atom is 0.285 e. The largest absolute Gasteiger partial charge is 0.348 e. The van der Waals surface area contributed by atoms with E-state index >= 15 is 0 Å². The molecule has 1 aliphatic carbocycles. The molecule has 0 saturated heterocycles. The molecule has 2 rings (SSSR count). The predicted octanol–water partition coefficient (Wildman–Crippen LogP) is 1.90. The maximum absolute atomic E-state index is 12.3. The van der Waals surface area contributed by atoms with Gasteiger partial charge in [-0.25, -0.2) is 0 Å². The lowest BCUT2D eigenvalue weighted by molar-refractivity contribution is -0.385. The third-order valence-electron chi connectivity index (χ3n) is 3.80. The van der Waals surface area contributed by atoms with Crippen molar-refractivity contribution in [2.75, 3.05) is 0 Å². The van der Waals surface area contributed by atoms with Gasteiger partial charge < -0.3 is 11.1 Å². The summed E-state index contributed by atoms with van der Waals surface area (Å²) in [6, 6.07) is 4.58. The molecule has 1 aliphatic rings. The van der Waals surface area contributed by atoms with Gasteiger partial charge in [-0.2, -0.15) is 0 Å². The molecule has 0 aliphatic heterocycles. The van der Waals surface area contributed by atoms with E-state index in [-0.39, 0.29) is 23.3 Å². The van der Waals surface area contributed by atoms with Crippen molar-refractivity contribution in [2.45, 2.75) is 44.7 Å². The van der Waals surface area contributed by atoms with Gasteiger partial charge in [0.1, 0.15) is 5.56 Å². The number of nitrogens with one attached hydrogen (secondary N) is 1. The van der Waals surface area contributed by atoms with Crippen LogP contribution in [0.4, 0.5) is 5.69 Å². The molecule has 1 fully saturated rings. The molecular formula is C14H19N3O3. The Balaban J connectivity index is 2.21. The van der Waals surface area contributed by atoms with Crippen molar-refractivity contribution in [3.05, 3.63) is 39.4 Å². The van der Waals surface area contributed by atoms with E-state index in [1.165, 1.54) is 6.07 Å². The van der Waals surface area contributed by atoms with Crippen LogP contribution in [0.3, 0.4) is 0 Å². The number of aryl methyl sites for hydroxylation is 1. The lowest BCUT2D eigenvalue weighted by Gasteiger charge is -2.29. The lowest BCUT2D eigenvalue weighted by atomic mass is 9.91. The van der Waals surface area contributed by atoms with E-state index in [4.69, 9.17) is 5.73 Å². The van der Waals surface area contributed by atoms with E-state index in [9.17, 15) is 14.9 Å². The van der Waals surface area contributed by atoms with E-state index in [1.54, 1.807) is 19.1 Å². The average Bonchev–Trinajstić information content (AvgIpc) is 2.40. The van der Waals surface area contributed by atoms with Crippen LogP contribution in [0.1, 0.15) is 41.6 Å². The minimum Gasteiger partial charge on any atom is -0.348 e. The molecule has 2 unspecified atom stereocenters. The fraction of sp³-hybridized carbons (Fsp3) is 0.500. The van der Waals surface area contributed by atoms with Gasteiger partial charge in [-0.15, -0.1) is 0 Å². The number of carbonyl (C=O) groups excluding carboxylic acids is 1. The molecule has 1 amide bonds. The highest BCUT2D eigenvalue weighted by atomic mass is 16.6. The first kappa shape index (κ1) is 14.5. The Morgan fingerprint density at radius 2 is 2.10 bits per heavy atom. The second-order valence-electron chi connectivity index (χ2n) is 5.26. The molecule has 1 saturated carbocycles. The van der Waals surface area contributed by atoms with E-state index in [2.05, 4.69) is 5.32 Å². The average molecular weight is 277 g/mol. The fourth-order valence-electron chi connectivity index (χ4n) is 2.67. The Morgan fingerprint density at radius 1 is 1.40 bits per heavy atom. The van der Waals surface area contributed by atoms with Gasteiger partial charge in [-0.05, 0) is 25.8 Å². The molecule has 3 N–H and O–H groups in total. The second kappa shape index (κ2) is 6.00. The van der Waals surface area contributed by atoms with Crippen LogP contribution in [-0.2, 0) is 0 Å². The van der Waals surface area contributed by atoms with E-state index in [0.29, 0.717) is 5.56 Å². The Morgan fingerprint density at radius 3 is 2.75 bits per heavy atom. The van der Waals surface area contributed by atoms with Crippen LogP contribution in [0.25, 0.3) is 0 Å². The number of nitro groups is 1. The number of para-hydroxylation sites is 1. The summed E-state index contributed by atoms with van der Waals surface area (Å²) in [4.78, 5) is 22.9. The Kier molecular flexibility index (Phi) is 4.34. The molecule has 108 valence electrons. The minimum absolute atomic E-state index is 0.0726. The van der Waals surface area contributed by atoms with Crippen molar-refractivity contribution < 1.29 is 9.72 Å². The summed E-state index contributed by atoms with van der Waals surface area (Å²) in [6.45, 7) is 1.63. The number of benzene rings is 1. The van der Waals surface area contributed by atoms with Crippen molar-refractivity contribution >= 4 is 11.6 Å². The molecule has 1 aromatic carbocycles. The van der Waals surface area contributed by atoms with Crippen LogP contribution in [0.2, 0.25) is 0 Å². The van der Waals surface area contributed by atoms with Crippen molar-refractivity contribution in [1.82, 2.24) is 5.32 Å². The summed E-state index contributed by atoms with van der Waals surface area (Å²) in [5, 5.41) is 13.9. The second-order valence-corrected chi connectivity index (χ2v) is 5.26. The van der Waals surface area contributed by atoms with Gasteiger partial charge >= 0.3 is 0 Å². The molecule has 1 aromatic rings. The summed E-state index contributed by atoms with van der Waals surface area (Å²) < 4.78 is 0. The number of nitro benzene ring substituents is 1. The predicted molar refractivity (Wildman–Crippen MR) is 75.5 cm³/mol. The van der Waals surface area contributed by atoms with Gasteiger partial charge in [0, 0.05) is 17.6 Å². The lowest BCUT2D eigenvalue weighted by Crippen LogP contribution is -2.49. The molecule has 0 bridgehead atoms. The molecular weight excluding hydrogens is 258 g/mol. The zero-order valence-corrected chi connectivity index (χ0v) is 11.5. The third-order valence-corrected chi connectivity index (χ3v) is 3.80. The summed E-state index contributed by atoms with van der Waals surface area (Å²) in [6.07, 6.45) is 3.79. The summed E-state index contributed by atoms with van der Waals surface area (Å²) in [5.74, 6) is -0.414. The van der Waals surface area contributed by atoms with Gasteiger partial charge in [-0.1, -0.05) is 25.0 Å². The van der Waals surface area contributed by atoms with Crippen LogP contribution >= 0.6 is 0 Å². The highest BCUT2D eigenvalue weighted by Gasteiger charge is 2.27. The van der Waals surface area contributed by atoms with Gasteiger partial charge in [-0.3, -0.25) is 14.9 Å². The van der Waals surface area contributed by atoms with Gasteiger partial charge in [0.05, 0.1) is 4.92 Å². The van der Waals surface area contributed by atoms with Crippen LogP contribution in [0.15, 0.2) is 18.2 Å². The number of rotatable bonds is 3. The summed E-state index contributed by atoms with van der Waals surface area (Å²) >= 11 is 0. The van der Waals surface area contributed by atoms with Crippen molar-refractivity contribution in [2.24, 2.45) is 5.73 Å². The standard InChI is InChI=1S/C14H19N3O3/c1-9-5-4-6-10(13(9)17(19)20)14(18)16-12-8-3-2-7-11(12)15/h4-6,11-12H,2-3,7-8,15H2,1H3,(H,16,18). The van der Waals surface area contributed by atoms with Crippen LogP contribution in [-0.4, -0.2) is 22.9 Å². The number of hydrogen-bond donors (Lipinski definition) is 2. The normalized spacial score (nSPS) is 22.3. The topological polar surface area (TPSA) is 98.3 Å². The van der Waals surface area contributed by atoms with E-state index < -0.39 is 10.8 Å². The van der Waals surface area contributed by atoms with E-state index in [1.807, 2.05) is 0 Å². The maximum atomic E-state index is 12.3. The molecule has 2 atom stereocenters. The zero-order chi connectivity index (χ0) is 14.7. The molecule has 6 heteroatoms. The third kappa shape index (κ3) is 2.96. The van der Waals surface area contributed by atoms with Crippen molar-refractivity contribution in [3.63, 3.8) is 0 Å². The number of hydrogen-bond acceptors (Lipinski definition) is 4. The van der Waals surface area contributed by atoms with Gasteiger partial charge in [0.2, 0.25) is 0 Å². The highest BCUT2D eigenvalue weighted by Crippen LogP contribution is 2.24. The molecule has 0 aromatic heterocycles. The quantitative estimate of drug-likeness (QED) is 0.651.